The summed E-state index contributed by atoms with van der Waals surface area (Å²) in [6.07, 6.45) is 3.65. The molecule has 0 spiro atoms. The summed E-state index contributed by atoms with van der Waals surface area (Å²) in [6.45, 7) is 4.00. The Morgan fingerprint density at radius 3 is 2.61 bits per heavy atom. The molecule has 0 radical (unpaired) electrons. The minimum absolute atomic E-state index is 0.0790. The largest absolute Gasteiger partial charge is 0.504 e. The molecule has 2 aromatic rings. The van der Waals surface area contributed by atoms with Crippen molar-refractivity contribution >= 4 is 6.08 Å². The summed E-state index contributed by atoms with van der Waals surface area (Å²) < 4.78 is 11.2. The number of benzene rings is 2. The molecule has 4 nitrogen and oxygen atoms in total. The van der Waals surface area contributed by atoms with Crippen LogP contribution in [0.1, 0.15) is 42.6 Å². The van der Waals surface area contributed by atoms with E-state index in [2.05, 4.69) is 6.92 Å². The van der Waals surface area contributed by atoms with Crippen LogP contribution in [0.5, 0.6) is 23.0 Å². The second-order valence-electron chi connectivity index (χ2n) is 5.72. The van der Waals surface area contributed by atoms with Gasteiger partial charge in [0.2, 0.25) is 0 Å². The molecule has 2 aromatic carbocycles. The molecule has 23 heavy (non-hydrogen) atoms. The highest BCUT2D eigenvalue weighted by atomic mass is 16.5. The average Bonchev–Trinajstić information content (AvgIpc) is 2.86. The summed E-state index contributed by atoms with van der Waals surface area (Å²) in [4.78, 5) is 0. The Morgan fingerprint density at radius 1 is 1.13 bits per heavy atom. The summed E-state index contributed by atoms with van der Waals surface area (Å²) in [7, 11) is 1.52. The highest BCUT2D eigenvalue weighted by Gasteiger charge is 2.34. The number of aromatic hydroxyl groups is 2. The van der Waals surface area contributed by atoms with Crippen molar-refractivity contribution in [2.75, 3.05) is 7.11 Å². The first-order valence-corrected chi connectivity index (χ1v) is 7.58. The van der Waals surface area contributed by atoms with Crippen molar-refractivity contribution in [2.45, 2.75) is 25.9 Å². The molecular weight excluding hydrogens is 292 g/mol. The highest BCUT2D eigenvalue weighted by molar-refractivity contribution is 5.61. The third-order valence-electron chi connectivity index (χ3n) is 4.20. The quantitative estimate of drug-likeness (QED) is 0.883. The maximum atomic E-state index is 10.2. The van der Waals surface area contributed by atoms with Crippen molar-refractivity contribution < 1.29 is 19.7 Å². The van der Waals surface area contributed by atoms with E-state index >= 15 is 0 Å². The molecule has 1 aliphatic heterocycles. The molecule has 0 unspecified atom stereocenters. The Bertz CT molecular complexity index is 764. The number of hydrogen-bond acceptors (Lipinski definition) is 4. The number of rotatable bonds is 3. The Morgan fingerprint density at radius 2 is 1.91 bits per heavy atom. The monoisotopic (exact) mass is 312 g/mol. The van der Waals surface area contributed by atoms with E-state index in [1.807, 2.05) is 31.2 Å². The molecule has 120 valence electrons. The van der Waals surface area contributed by atoms with E-state index in [0.29, 0.717) is 11.5 Å². The fourth-order valence-electron chi connectivity index (χ4n) is 3.03. The summed E-state index contributed by atoms with van der Waals surface area (Å²) >= 11 is 0. The molecule has 0 fully saturated rings. The summed E-state index contributed by atoms with van der Waals surface area (Å²) in [5.41, 5.74) is 2.83. The van der Waals surface area contributed by atoms with Crippen molar-refractivity contribution in [1.29, 1.82) is 0 Å². The third-order valence-corrected chi connectivity index (χ3v) is 4.20. The summed E-state index contributed by atoms with van der Waals surface area (Å²) in [6, 6.07) is 8.92. The van der Waals surface area contributed by atoms with E-state index in [1.165, 1.54) is 7.11 Å². The average molecular weight is 312 g/mol. The third kappa shape index (κ3) is 2.61. The lowest BCUT2D eigenvalue weighted by Crippen LogP contribution is -2.07. The second kappa shape index (κ2) is 5.88. The number of phenols is 2. The fourth-order valence-corrected chi connectivity index (χ4v) is 3.03. The lowest BCUT2D eigenvalue weighted by Gasteiger charge is -2.17. The van der Waals surface area contributed by atoms with Gasteiger partial charge in [0.15, 0.2) is 23.0 Å². The van der Waals surface area contributed by atoms with E-state index in [4.69, 9.17) is 9.47 Å². The van der Waals surface area contributed by atoms with Gasteiger partial charge in [0.1, 0.15) is 6.10 Å². The maximum absolute atomic E-state index is 10.2. The Kier molecular flexibility index (Phi) is 3.90. The molecule has 0 aliphatic carbocycles. The van der Waals surface area contributed by atoms with Gasteiger partial charge in [-0.1, -0.05) is 25.1 Å². The smallest absolute Gasteiger partial charge is 0.165 e. The molecule has 4 heteroatoms. The molecule has 0 saturated carbocycles. The van der Waals surface area contributed by atoms with Gasteiger partial charge in [-0.05, 0) is 42.3 Å². The molecule has 0 aromatic heterocycles. The van der Waals surface area contributed by atoms with E-state index in [-0.39, 0.29) is 23.5 Å². The van der Waals surface area contributed by atoms with Crippen LogP contribution in [0.2, 0.25) is 0 Å². The van der Waals surface area contributed by atoms with Crippen molar-refractivity contribution in [3.05, 3.63) is 53.1 Å². The van der Waals surface area contributed by atoms with E-state index in [9.17, 15) is 10.2 Å². The predicted octanol–water partition coefficient (Wildman–Crippen LogP) is 4.38. The van der Waals surface area contributed by atoms with Crippen LogP contribution in [0.3, 0.4) is 0 Å². The van der Waals surface area contributed by atoms with Crippen molar-refractivity contribution in [1.82, 2.24) is 0 Å². The van der Waals surface area contributed by atoms with Crippen LogP contribution in [0, 0.1) is 0 Å². The lowest BCUT2D eigenvalue weighted by atomic mass is 9.91. The van der Waals surface area contributed by atoms with Gasteiger partial charge in [0, 0.05) is 11.5 Å². The molecule has 1 heterocycles. The van der Waals surface area contributed by atoms with Crippen molar-refractivity contribution in [2.24, 2.45) is 0 Å². The zero-order valence-electron chi connectivity index (χ0n) is 13.4. The van der Waals surface area contributed by atoms with Crippen LogP contribution in [-0.2, 0) is 0 Å². The lowest BCUT2D eigenvalue weighted by molar-refractivity contribution is 0.208. The SMILES string of the molecule is CC=Cc1cc(O)c2c(c1)[C@@H](C)[C@H](c1ccc(O)c(OC)c1)O2. The molecule has 2 N–H and O–H groups in total. The topological polar surface area (TPSA) is 58.9 Å². The fraction of sp³-hybridized carbons (Fsp3) is 0.263. The molecule has 0 saturated heterocycles. The number of ether oxygens (including phenoxy) is 2. The number of allylic oxidation sites excluding steroid dienone is 1. The van der Waals surface area contributed by atoms with Gasteiger partial charge < -0.3 is 19.7 Å². The number of fused-ring (bicyclic) bond motifs is 1. The van der Waals surface area contributed by atoms with Gasteiger partial charge >= 0.3 is 0 Å². The van der Waals surface area contributed by atoms with E-state index in [1.54, 1.807) is 18.2 Å². The van der Waals surface area contributed by atoms with Crippen LogP contribution in [0.25, 0.3) is 6.08 Å². The molecule has 1 aliphatic rings. The van der Waals surface area contributed by atoms with Crippen LogP contribution < -0.4 is 9.47 Å². The van der Waals surface area contributed by atoms with Crippen LogP contribution in [0.4, 0.5) is 0 Å². The number of phenolic OH excluding ortho intramolecular Hbond substituents is 2. The Hall–Kier alpha value is -2.62. The minimum Gasteiger partial charge on any atom is -0.504 e. The first-order valence-electron chi connectivity index (χ1n) is 7.58. The predicted molar refractivity (Wildman–Crippen MR) is 89.3 cm³/mol. The zero-order valence-corrected chi connectivity index (χ0v) is 13.4. The summed E-state index contributed by atoms with van der Waals surface area (Å²) in [5, 5.41) is 20.0. The standard InChI is InChI=1S/C19H20O4/c1-4-5-12-8-14-11(2)18(23-19(14)16(21)9-12)13-6-7-15(20)17(10-13)22-3/h4-11,18,20-21H,1-3H3/t11-,18-/m1/s1. The van der Waals surface area contributed by atoms with Gasteiger partial charge in [0.05, 0.1) is 7.11 Å². The van der Waals surface area contributed by atoms with Gasteiger partial charge in [-0.25, -0.2) is 0 Å². The van der Waals surface area contributed by atoms with Gasteiger partial charge in [-0.3, -0.25) is 0 Å². The van der Waals surface area contributed by atoms with Gasteiger partial charge in [-0.15, -0.1) is 0 Å². The first-order chi connectivity index (χ1) is 11.0. The zero-order chi connectivity index (χ0) is 16.6. The highest BCUT2D eigenvalue weighted by Crippen LogP contribution is 2.51. The minimum atomic E-state index is -0.230. The molecular formula is C19H20O4. The molecule has 3 rings (SSSR count). The Balaban J connectivity index is 2.00. The second-order valence-corrected chi connectivity index (χ2v) is 5.72. The molecule has 0 amide bonds. The number of hydrogen-bond donors (Lipinski definition) is 2. The van der Waals surface area contributed by atoms with Crippen molar-refractivity contribution in [3.8, 4) is 23.0 Å². The van der Waals surface area contributed by atoms with E-state index < -0.39 is 0 Å². The van der Waals surface area contributed by atoms with Crippen LogP contribution >= 0.6 is 0 Å². The normalized spacial score (nSPS) is 19.6. The summed E-state index contributed by atoms with van der Waals surface area (Å²) in [5.74, 6) is 1.26. The number of methoxy groups -OCH3 is 1. The first kappa shape index (κ1) is 15.3. The van der Waals surface area contributed by atoms with Crippen LogP contribution in [0.15, 0.2) is 36.4 Å². The molecule has 2 atom stereocenters. The molecule has 0 bridgehead atoms. The Labute approximate surface area is 135 Å². The van der Waals surface area contributed by atoms with Gasteiger partial charge in [0.25, 0.3) is 0 Å². The van der Waals surface area contributed by atoms with Gasteiger partial charge in [-0.2, -0.15) is 0 Å². The van der Waals surface area contributed by atoms with Crippen molar-refractivity contribution in [3.63, 3.8) is 0 Å². The van der Waals surface area contributed by atoms with E-state index in [0.717, 1.165) is 16.7 Å². The maximum Gasteiger partial charge on any atom is 0.165 e. The van der Waals surface area contributed by atoms with Crippen LogP contribution in [-0.4, -0.2) is 17.3 Å².